The van der Waals surface area contributed by atoms with Gasteiger partial charge in [-0.15, -0.1) is 0 Å². The fraction of sp³-hybridized carbons (Fsp3) is 0.154. The molecule has 0 aliphatic heterocycles. The van der Waals surface area contributed by atoms with Crippen molar-refractivity contribution in [3.63, 3.8) is 0 Å². The Morgan fingerprint density at radius 3 is 2.75 bits per heavy atom. The van der Waals surface area contributed by atoms with E-state index in [1.165, 1.54) is 0 Å². The average molecular weight is 212 g/mol. The number of furan rings is 1. The van der Waals surface area contributed by atoms with Crippen LogP contribution in [0.25, 0.3) is 17.1 Å². The van der Waals surface area contributed by atoms with E-state index in [2.05, 4.69) is 18.0 Å². The summed E-state index contributed by atoms with van der Waals surface area (Å²) < 4.78 is 7.58. The minimum atomic E-state index is 0.820. The van der Waals surface area contributed by atoms with Crippen LogP contribution in [-0.2, 0) is 0 Å². The first-order chi connectivity index (χ1) is 7.74. The zero-order chi connectivity index (χ0) is 11.1. The topological polar surface area (TPSA) is 30.4 Å². The molecular formula is C13H12N2O. The lowest BCUT2D eigenvalue weighted by Gasteiger charge is -1.93. The van der Waals surface area contributed by atoms with Crippen LogP contribution >= 0.6 is 0 Å². The molecule has 0 aliphatic carbocycles. The molecule has 80 valence electrons. The van der Waals surface area contributed by atoms with E-state index in [-0.39, 0.29) is 0 Å². The fourth-order valence-corrected chi connectivity index (χ4v) is 1.84. The van der Waals surface area contributed by atoms with Gasteiger partial charge in [0.1, 0.15) is 17.1 Å². The average Bonchev–Trinajstić information content (AvgIpc) is 2.84. The second kappa shape index (κ2) is 3.23. The highest BCUT2D eigenvalue weighted by molar-refractivity contribution is 5.59. The van der Waals surface area contributed by atoms with Crippen molar-refractivity contribution in [2.45, 2.75) is 13.8 Å². The molecule has 3 heteroatoms. The summed E-state index contributed by atoms with van der Waals surface area (Å²) in [6.45, 7) is 3.99. The first-order valence-electron chi connectivity index (χ1n) is 5.25. The van der Waals surface area contributed by atoms with Gasteiger partial charge in [-0.2, -0.15) is 0 Å². The van der Waals surface area contributed by atoms with Crippen LogP contribution in [0.1, 0.15) is 11.3 Å². The predicted octanol–water partition coefficient (Wildman–Crippen LogP) is 3.21. The smallest absolute Gasteiger partial charge is 0.154 e. The lowest BCUT2D eigenvalue weighted by molar-refractivity contribution is 0.547. The highest BCUT2D eigenvalue weighted by Gasteiger charge is 2.08. The second-order valence-corrected chi connectivity index (χ2v) is 3.96. The Kier molecular flexibility index (Phi) is 1.86. The van der Waals surface area contributed by atoms with Crippen LogP contribution in [0, 0.1) is 13.8 Å². The highest BCUT2D eigenvalue weighted by atomic mass is 16.3. The van der Waals surface area contributed by atoms with Gasteiger partial charge in [0.2, 0.25) is 0 Å². The normalized spacial score (nSPS) is 11.1. The van der Waals surface area contributed by atoms with E-state index in [0.717, 1.165) is 28.4 Å². The number of pyridine rings is 1. The van der Waals surface area contributed by atoms with Crippen molar-refractivity contribution < 1.29 is 4.42 Å². The molecule has 3 nitrogen and oxygen atoms in total. The molecule has 0 bridgehead atoms. The summed E-state index contributed by atoms with van der Waals surface area (Å²) in [6.07, 6.45) is 3.98. The third kappa shape index (κ3) is 1.33. The van der Waals surface area contributed by atoms with Gasteiger partial charge in [-0.3, -0.25) is 0 Å². The largest absolute Gasteiger partial charge is 0.460 e. The number of fused-ring (bicyclic) bond motifs is 1. The maximum Gasteiger partial charge on any atom is 0.154 e. The van der Waals surface area contributed by atoms with Gasteiger partial charge in [-0.1, -0.05) is 6.07 Å². The van der Waals surface area contributed by atoms with Crippen molar-refractivity contribution in [1.29, 1.82) is 0 Å². The molecule has 0 radical (unpaired) electrons. The van der Waals surface area contributed by atoms with E-state index in [1.54, 1.807) is 0 Å². The van der Waals surface area contributed by atoms with Gasteiger partial charge in [0.05, 0.1) is 0 Å². The maximum absolute atomic E-state index is 5.56. The summed E-state index contributed by atoms with van der Waals surface area (Å²) >= 11 is 0. The lowest BCUT2D eigenvalue weighted by Crippen LogP contribution is -1.83. The Morgan fingerprint density at radius 2 is 2.06 bits per heavy atom. The van der Waals surface area contributed by atoms with E-state index in [9.17, 15) is 0 Å². The van der Waals surface area contributed by atoms with Gasteiger partial charge >= 0.3 is 0 Å². The molecule has 3 aromatic rings. The van der Waals surface area contributed by atoms with E-state index in [4.69, 9.17) is 4.42 Å². The zero-order valence-electron chi connectivity index (χ0n) is 9.27. The van der Waals surface area contributed by atoms with Crippen molar-refractivity contribution in [1.82, 2.24) is 9.38 Å². The molecule has 0 aliphatic rings. The maximum atomic E-state index is 5.56. The molecule has 3 aromatic heterocycles. The monoisotopic (exact) mass is 212 g/mol. The van der Waals surface area contributed by atoms with Gasteiger partial charge in [0, 0.05) is 12.4 Å². The molecule has 0 spiro atoms. The van der Waals surface area contributed by atoms with E-state index in [1.807, 2.05) is 41.9 Å². The summed E-state index contributed by atoms with van der Waals surface area (Å²) in [6, 6.07) is 7.97. The number of aromatic nitrogens is 2. The number of nitrogens with zero attached hydrogens (tertiary/aromatic N) is 2. The summed E-state index contributed by atoms with van der Waals surface area (Å²) in [4.78, 5) is 4.57. The highest BCUT2D eigenvalue weighted by Crippen LogP contribution is 2.22. The summed E-state index contributed by atoms with van der Waals surface area (Å²) in [7, 11) is 0. The van der Waals surface area contributed by atoms with Crippen LogP contribution in [0.2, 0.25) is 0 Å². The number of aryl methyl sites for hydroxylation is 2. The van der Waals surface area contributed by atoms with Gasteiger partial charge in [-0.25, -0.2) is 4.98 Å². The molecule has 0 N–H and O–H groups in total. The van der Waals surface area contributed by atoms with Gasteiger partial charge < -0.3 is 8.82 Å². The zero-order valence-corrected chi connectivity index (χ0v) is 9.27. The van der Waals surface area contributed by atoms with E-state index >= 15 is 0 Å². The van der Waals surface area contributed by atoms with Crippen molar-refractivity contribution in [2.75, 3.05) is 0 Å². The number of hydrogen-bond acceptors (Lipinski definition) is 2. The number of imidazole rings is 1. The van der Waals surface area contributed by atoms with Crippen molar-refractivity contribution in [2.24, 2.45) is 0 Å². The second-order valence-electron chi connectivity index (χ2n) is 3.96. The van der Waals surface area contributed by atoms with Crippen LogP contribution in [0.5, 0.6) is 0 Å². The van der Waals surface area contributed by atoms with Crippen molar-refractivity contribution in [3.8, 4) is 11.5 Å². The van der Waals surface area contributed by atoms with Gasteiger partial charge in [0.15, 0.2) is 5.76 Å². The van der Waals surface area contributed by atoms with Crippen LogP contribution < -0.4 is 0 Å². The molecule has 0 saturated heterocycles. The lowest BCUT2D eigenvalue weighted by atomic mass is 10.3. The van der Waals surface area contributed by atoms with Crippen LogP contribution in [0.3, 0.4) is 0 Å². The van der Waals surface area contributed by atoms with E-state index in [0.29, 0.717) is 0 Å². The van der Waals surface area contributed by atoms with Gasteiger partial charge in [0.25, 0.3) is 0 Å². The quantitative estimate of drug-likeness (QED) is 0.620. The summed E-state index contributed by atoms with van der Waals surface area (Å²) in [5.74, 6) is 1.73. The first kappa shape index (κ1) is 9.21. The molecule has 0 unspecified atom stereocenters. The molecule has 0 aromatic carbocycles. The number of hydrogen-bond donors (Lipinski definition) is 0. The Hall–Kier alpha value is -2.03. The molecule has 3 heterocycles. The number of rotatable bonds is 1. The SMILES string of the molecule is Cc1ccc(-c2cn3cccc(C)c3n2)o1. The third-order valence-corrected chi connectivity index (χ3v) is 2.67. The molecule has 0 fully saturated rings. The molecule has 0 saturated carbocycles. The molecule has 16 heavy (non-hydrogen) atoms. The summed E-state index contributed by atoms with van der Waals surface area (Å²) in [5, 5.41) is 0. The van der Waals surface area contributed by atoms with E-state index < -0.39 is 0 Å². The Morgan fingerprint density at radius 1 is 1.19 bits per heavy atom. The molecule has 0 atom stereocenters. The Labute approximate surface area is 93.4 Å². The van der Waals surface area contributed by atoms with Crippen LogP contribution in [-0.4, -0.2) is 9.38 Å². The third-order valence-electron chi connectivity index (χ3n) is 2.67. The van der Waals surface area contributed by atoms with Crippen LogP contribution in [0.4, 0.5) is 0 Å². The molecular weight excluding hydrogens is 200 g/mol. The van der Waals surface area contributed by atoms with Crippen molar-refractivity contribution in [3.05, 3.63) is 48.0 Å². The molecule has 0 amide bonds. The molecule has 3 rings (SSSR count). The standard InChI is InChI=1S/C13H12N2O/c1-9-4-3-7-15-8-11(14-13(9)15)12-6-5-10(2)16-12/h3-8H,1-2H3. The Balaban J connectivity index is 2.22. The minimum Gasteiger partial charge on any atom is -0.460 e. The first-order valence-corrected chi connectivity index (χ1v) is 5.25. The van der Waals surface area contributed by atoms with Crippen LogP contribution in [0.15, 0.2) is 41.1 Å². The minimum absolute atomic E-state index is 0.820. The van der Waals surface area contributed by atoms with Gasteiger partial charge in [-0.05, 0) is 37.6 Å². The fourth-order valence-electron chi connectivity index (χ4n) is 1.84. The predicted molar refractivity (Wildman–Crippen MR) is 62.4 cm³/mol. The Bertz CT molecular complexity index is 649. The summed E-state index contributed by atoms with van der Waals surface area (Å²) in [5.41, 5.74) is 3.02. The van der Waals surface area contributed by atoms with Crippen molar-refractivity contribution >= 4 is 5.65 Å².